The fourth-order valence-corrected chi connectivity index (χ4v) is 2.95. The molecule has 100 valence electrons. The predicted octanol–water partition coefficient (Wildman–Crippen LogP) is 4.44. The van der Waals surface area contributed by atoms with Crippen LogP contribution in [0.3, 0.4) is 0 Å². The lowest BCUT2D eigenvalue weighted by Gasteiger charge is -2.11. The Kier molecular flexibility index (Phi) is 3.42. The molecule has 1 saturated carbocycles. The van der Waals surface area contributed by atoms with Crippen molar-refractivity contribution in [2.75, 3.05) is 6.54 Å². The third-order valence-corrected chi connectivity index (χ3v) is 4.71. The van der Waals surface area contributed by atoms with E-state index < -0.39 is 0 Å². The average Bonchev–Trinajstić information content (AvgIpc) is 2.93. The molecular weight excluding hydrogens is 257 g/mol. The molecule has 1 aromatic heterocycles. The number of nitrogens with one attached hydrogen (secondary N) is 1. The molecule has 1 fully saturated rings. The topological polar surface area (TPSA) is 12.0 Å². The van der Waals surface area contributed by atoms with Gasteiger partial charge < -0.3 is 5.32 Å². The molecule has 1 aliphatic rings. The molecule has 1 aliphatic carbocycles. The van der Waals surface area contributed by atoms with Gasteiger partial charge in [-0.25, -0.2) is 4.39 Å². The zero-order chi connectivity index (χ0) is 13.3. The molecule has 0 amide bonds. The summed E-state index contributed by atoms with van der Waals surface area (Å²) in [7, 11) is 0. The molecule has 0 unspecified atom stereocenters. The molecule has 0 aliphatic heterocycles. The van der Waals surface area contributed by atoms with E-state index >= 15 is 0 Å². The van der Waals surface area contributed by atoms with Gasteiger partial charge in [-0.1, -0.05) is 19.1 Å². The first kappa shape index (κ1) is 12.8. The summed E-state index contributed by atoms with van der Waals surface area (Å²) < 4.78 is 13.8. The number of thiophene rings is 1. The fourth-order valence-electron chi connectivity index (χ4n) is 2.20. The lowest BCUT2D eigenvalue weighted by Crippen LogP contribution is -2.21. The highest BCUT2D eigenvalue weighted by Crippen LogP contribution is 2.44. The molecule has 0 bridgehead atoms. The third kappa shape index (κ3) is 3.04. The fraction of sp³-hybridized carbons (Fsp3) is 0.375. The Bertz CT molecular complexity index is 558. The van der Waals surface area contributed by atoms with Crippen LogP contribution in [0.25, 0.3) is 10.4 Å². The minimum absolute atomic E-state index is 0.139. The lowest BCUT2D eigenvalue weighted by molar-refractivity contribution is 0.499. The van der Waals surface area contributed by atoms with E-state index in [2.05, 4.69) is 12.2 Å². The van der Waals surface area contributed by atoms with Crippen molar-refractivity contribution in [1.29, 1.82) is 0 Å². The summed E-state index contributed by atoms with van der Waals surface area (Å²) in [5, 5.41) is 5.46. The van der Waals surface area contributed by atoms with E-state index in [0.717, 1.165) is 23.5 Å². The van der Waals surface area contributed by atoms with Crippen LogP contribution in [0.4, 0.5) is 4.39 Å². The number of halogens is 1. The summed E-state index contributed by atoms with van der Waals surface area (Å²) >= 11 is 1.58. The van der Waals surface area contributed by atoms with Crippen molar-refractivity contribution in [2.45, 2.75) is 26.3 Å². The number of hydrogen-bond donors (Lipinski definition) is 1. The van der Waals surface area contributed by atoms with Gasteiger partial charge in [-0.3, -0.25) is 0 Å². The van der Waals surface area contributed by atoms with Gasteiger partial charge in [0.2, 0.25) is 0 Å². The molecular formula is C16H18FNS. The van der Waals surface area contributed by atoms with Crippen molar-refractivity contribution in [3.63, 3.8) is 0 Å². The van der Waals surface area contributed by atoms with Crippen LogP contribution in [0.15, 0.2) is 35.7 Å². The Morgan fingerprint density at radius 3 is 2.84 bits per heavy atom. The molecule has 1 N–H and O–H groups in total. The normalized spacial score (nSPS) is 16.5. The van der Waals surface area contributed by atoms with Gasteiger partial charge in [-0.15, -0.1) is 11.3 Å². The van der Waals surface area contributed by atoms with Crippen LogP contribution in [0.2, 0.25) is 0 Å². The van der Waals surface area contributed by atoms with Crippen molar-refractivity contribution in [3.05, 3.63) is 47.1 Å². The average molecular weight is 275 g/mol. The SMILES string of the molecule is CC1(CNCc2ccc(F)c(-c3cccs3)c2)CC1. The van der Waals surface area contributed by atoms with Gasteiger partial charge >= 0.3 is 0 Å². The highest BCUT2D eigenvalue weighted by molar-refractivity contribution is 7.13. The standard InChI is InChI=1S/C16H18FNS/c1-16(6-7-16)11-18-10-12-4-5-14(17)13(9-12)15-3-2-8-19-15/h2-5,8-9,18H,6-7,10-11H2,1H3. The van der Waals surface area contributed by atoms with E-state index in [4.69, 9.17) is 0 Å². The Labute approximate surface area is 117 Å². The van der Waals surface area contributed by atoms with Crippen LogP contribution in [-0.2, 0) is 6.54 Å². The highest BCUT2D eigenvalue weighted by Gasteiger charge is 2.36. The van der Waals surface area contributed by atoms with E-state index in [9.17, 15) is 4.39 Å². The van der Waals surface area contributed by atoms with E-state index in [1.165, 1.54) is 12.8 Å². The van der Waals surface area contributed by atoms with Gasteiger partial charge in [0.05, 0.1) is 0 Å². The first-order chi connectivity index (χ1) is 9.16. The summed E-state index contributed by atoms with van der Waals surface area (Å²) in [6.07, 6.45) is 2.65. The molecule has 0 atom stereocenters. The van der Waals surface area contributed by atoms with Gasteiger partial charge in [-0.2, -0.15) is 0 Å². The molecule has 2 aromatic rings. The third-order valence-electron chi connectivity index (χ3n) is 3.80. The maximum atomic E-state index is 13.8. The smallest absolute Gasteiger partial charge is 0.131 e. The van der Waals surface area contributed by atoms with Crippen molar-refractivity contribution < 1.29 is 4.39 Å². The Morgan fingerprint density at radius 2 is 2.16 bits per heavy atom. The predicted molar refractivity (Wildman–Crippen MR) is 78.8 cm³/mol. The summed E-state index contributed by atoms with van der Waals surface area (Å²) in [4.78, 5) is 0.994. The molecule has 0 radical (unpaired) electrons. The van der Waals surface area contributed by atoms with E-state index in [0.29, 0.717) is 11.0 Å². The summed E-state index contributed by atoms with van der Waals surface area (Å²) in [6.45, 7) is 4.18. The van der Waals surface area contributed by atoms with Crippen LogP contribution in [-0.4, -0.2) is 6.54 Å². The van der Waals surface area contributed by atoms with Crippen LogP contribution in [0.1, 0.15) is 25.3 Å². The monoisotopic (exact) mass is 275 g/mol. The molecule has 19 heavy (non-hydrogen) atoms. The molecule has 0 saturated heterocycles. The van der Waals surface area contributed by atoms with Crippen LogP contribution in [0.5, 0.6) is 0 Å². The quantitative estimate of drug-likeness (QED) is 0.850. The number of hydrogen-bond acceptors (Lipinski definition) is 2. The Morgan fingerprint density at radius 1 is 1.32 bits per heavy atom. The highest BCUT2D eigenvalue weighted by atomic mass is 32.1. The second-order valence-electron chi connectivity index (χ2n) is 5.71. The Hall–Kier alpha value is -1.19. The van der Waals surface area contributed by atoms with E-state index in [1.54, 1.807) is 17.4 Å². The van der Waals surface area contributed by atoms with E-state index in [-0.39, 0.29) is 5.82 Å². The number of benzene rings is 1. The summed E-state index contributed by atoms with van der Waals surface area (Å²) in [5.41, 5.74) is 2.37. The van der Waals surface area contributed by atoms with Gasteiger partial charge in [0.15, 0.2) is 0 Å². The van der Waals surface area contributed by atoms with Crippen LogP contribution >= 0.6 is 11.3 Å². The minimum atomic E-state index is -0.139. The van der Waals surface area contributed by atoms with Gasteiger partial charge in [0, 0.05) is 23.5 Å². The summed E-state index contributed by atoms with van der Waals surface area (Å²) in [6, 6.07) is 9.33. The largest absolute Gasteiger partial charge is 0.312 e. The number of rotatable bonds is 5. The first-order valence-electron chi connectivity index (χ1n) is 6.69. The second kappa shape index (κ2) is 5.06. The zero-order valence-electron chi connectivity index (χ0n) is 11.1. The molecule has 1 nitrogen and oxygen atoms in total. The van der Waals surface area contributed by atoms with Gasteiger partial charge in [0.25, 0.3) is 0 Å². The van der Waals surface area contributed by atoms with Gasteiger partial charge in [0.1, 0.15) is 5.82 Å². The van der Waals surface area contributed by atoms with Crippen molar-refractivity contribution in [3.8, 4) is 10.4 Å². The van der Waals surface area contributed by atoms with Crippen LogP contribution in [0, 0.1) is 11.2 Å². The molecule has 3 rings (SSSR count). The molecule has 1 heterocycles. The van der Waals surface area contributed by atoms with Gasteiger partial charge in [-0.05, 0) is 47.4 Å². The van der Waals surface area contributed by atoms with E-state index in [1.807, 2.05) is 29.6 Å². The molecule has 1 aromatic carbocycles. The van der Waals surface area contributed by atoms with Crippen molar-refractivity contribution in [2.24, 2.45) is 5.41 Å². The maximum Gasteiger partial charge on any atom is 0.131 e. The second-order valence-corrected chi connectivity index (χ2v) is 6.65. The summed E-state index contributed by atoms with van der Waals surface area (Å²) in [5.74, 6) is -0.139. The zero-order valence-corrected chi connectivity index (χ0v) is 11.9. The van der Waals surface area contributed by atoms with Crippen LogP contribution < -0.4 is 5.32 Å². The lowest BCUT2D eigenvalue weighted by atomic mass is 10.1. The Balaban J connectivity index is 1.70. The maximum absolute atomic E-state index is 13.8. The molecule has 3 heteroatoms. The van der Waals surface area contributed by atoms with Crippen molar-refractivity contribution in [1.82, 2.24) is 5.32 Å². The van der Waals surface area contributed by atoms with Crippen molar-refractivity contribution >= 4 is 11.3 Å². The minimum Gasteiger partial charge on any atom is -0.312 e. The first-order valence-corrected chi connectivity index (χ1v) is 7.57. The molecule has 0 spiro atoms.